The maximum absolute atomic E-state index is 12.6. The van der Waals surface area contributed by atoms with Gasteiger partial charge >= 0.3 is 12.1 Å². The Bertz CT molecular complexity index is 513. The maximum atomic E-state index is 12.6. The van der Waals surface area contributed by atoms with Gasteiger partial charge in [0.1, 0.15) is 0 Å². The first-order chi connectivity index (χ1) is 9.18. The van der Waals surface area contributed by atoms with Crippen molar-refractivity contribution in [2.45, 2.75) is 32.9 Å². The van der Waals surface area contributed by atoms with Crippen LogP contribution in [0.25, 0.3) is 0 Å². The zero-order valence-corrected chi connectivity index (χ0v) is 11.3. The van der Waals surface area contributed by atoms with Crippen LogP contribution in [0.4, 0.5) is 13.2 Å². The molecule has 0 aromatic heterocycles. The molecule has 0 bridgehead atoms. The van der Waals surface area contributed by atoms with E-state index < -0.39 is 17.7 Å². The summed E-state index contributed by atoms with van der Waals surface area (Å²) in [6.45, 7) is 6.94. The Balaban J connectivity index is 3.10. The number of hydrogen-bond acceptors (Lipinski definition) is 2. The van der Waals surface area contributed by atoms with E-state index in [1.807, 2.05) is 6.92 Å². The SMILES string of the molecule is C=C1C=C(C(F)(F)F)C=CN1/C(C)=C(\CCC)C(=O)O. The zero-order chi connectivity index (χ0) is 15.5. The molecule has 1 N–H and O–H groups in total. The highest BCUT2D eigenvalue weighted by Crippen LogP contribution is 2.32. The molecule has 0 fully saturated rings. The Kier molecular flexibility index (Phi) is 4.81. The fraction of sp³-hybridized carbons (Fsp3) is 0.357. The lowest BCUT2D eigenvalue weighted by Crippen LogP contribution is -2.22. The van der Waals surface area contributed by atoms with E-state index in [0.29, 0.717) is 18.5 Å². The summed E-state index contributed by atoms with van der Waals surface area (Å²) in [6.07, 6.45) is -0.471. The van der Waals surface area contributed by atoms with Gasteiger partial charge in [-0.2, -0.15) is 13.2 Å². The number of aliphatic carboxylic acids is 1. The van der Waals surface area contributed by atoms with Crippen LogP contribution in [-0.4, -0.2) is 22.2 Å². The molecular weight excluding hydrogens is 271 g/mol. The van der Waals surface area contributed by atoms with Gasteiger partial charge in [-0.15, -0.1) is 0 Å². The first-order valence-electron chi connectivity index (χ1n) is 6.06. The smallest absolute Gasteiger partial charge is 0.416 e. The predicted molar refractivity (Wildman–Crippen MR) is 69.5 cm³/mol. The van der Waals surface area contributed by atoms with Crippen LogP contribution in [0.15, 0.2) is 47.5 Å². The fourth-order valence-electron chi connectivity index (χ4n) is 1.89. The summed E-state index contributed by atoms with van der Waals surface area (Å²) < 4.78 is 37.7. The van der Waals surface area contributed by atoms with E-state index in [1.165, 1.54) is 11.1 Å². The standard InChI is InChI=1S/C14H16F3NO2/c1-4-5-12(13(19)20)10(3)18-7-6-11(8-9(18)2)14(15,16)17/h6-8H,2,4-5H2,1,3H3,(H,19,20)/b12-10+. The maximum Gasteiger partial charge on any atom is 0.416 e. The van der Waals surface area contributed by atoms with Gasteiger partial charge in [0.25, 0.3) is 0 Å². The van der Waals surface area contributed by atoms with Gasteiger partial charge in [-0.1, -0.05) is 19.9 Å². The van der Waals surface area contributed by atoms with Crippen molar-refractivity contribution in [3.63, 3.8) is 0 Å². The predicted octanol–water partition coefficient (Wildman–Crippen LogP) is 3.98. The van der Waals surface area contributed by atoms with Crippen molar-refractivity contribution in [3.8, 4) is 0 Å². The molecule has 0 atom stereocenters. The fourth-order valence-corrected chi connectivity index (χ4v) is 1.89. The average molecular weight is 287 g/mol. The molecule has 0 aliphatic carbocycles. The number of hydrogen-bond donors (Lipinski definition) is 1. The van der Waals surface area contributed by atoms with Gasteiger partial charge in [0.2, 0.25) is 0 Å². The summed E-state index contributed by atoms with van der Waals surface area (Å²) in [6, 6.07) is 0. The van der Waals surface area contributed by atoms with Gasteiger partial charge in [0.05, 0.1) is 11.1 Å². The summed E-state index contributed by atoms with van der Waals surface area (Å²) in [5.74, 6) is -1.07. The quantitative estimate of drug-likeness (QED) is 0.795. The van der Waals surface area contributed by atoms with Crippen LogP contribution < -0.4 is 0 Å². The lowest BCUT2D eigenvalue weighted by atomic mass is 10.1. The summed E-state index contributed by atoms with van der Waals surface area (Å²) >= 11 is 0. The normalized spacial score (nSPS) is 16.9. The largest absolute Gasteiger partial charge is 0.478 e. The molecule has 0 amide bonds. The second kappa shape index (κ2) is 5.98. The van der Waals surface area contributed by atoms with Crippen LogP contribution in [0.1, 0.15) is 26.7 Å². The minimum Gasteiger partial charge on any atom is -0.478 e. The number of carboxylic acid groups (broad SMARTS) is 1. The van der Waals surface area contributed by atoms with Gasteiger partial charge in [-0.3, -0.25) is 0 Å². The third-order valence-corrected chi connectivity index (χ3v) is 2.92. The van der Waals surface area contributed by atoms with Gasteiger partial charge in [-0.25, -0.2) is 4.79 Å². The molecule has 0 unspecified atom stereocenters. The van der Waals surface area contributed by atoms with Gasteiger partial charge in [-0.05, 0) is 25.5 Å². The van der Waals surface area contributed by atoms with Crippen molar-refractivity contribution in [2.75, 3.05) is 0 Å². The van der Waals surface area contributed by atoms with Gasteiger partial charge in [0.15, 0.2) is 0 Å². The number of carbonyl (C=O) groups is 1. The highest BCUT2D eigenvalue weighted by Gasteiger charge is 2.34. The van der Waals surface area contributed by atoms with E-state index in [4.69, 9.17) is 5.11 Å². The Morgan fingerprint density at radius 1 is 1.45 bits per heavy atom. The number of carboxylic acids is 1. The molecule has 110 valence electrons. The number of rotatable bonds is 4. The van der Waals surface area contributed by atoms with E-state index in [0.717, 1.165) is 12.2 Å². The number of nitrogens with zero attached hydrogens (tertiary/aromatic N) is 1. The van der Waals surface area contributed by atoms with Crippen molar-refractivity contribution >= 4 is 5.97 Å². The monoisotopic (exact) mass is 287 g/mol. The highest BCUT2D eigenvalue weighted by molar-refractivity contribution is 5.87. The molecule has 1 aliphatic rings. The molecular formula is C14H16F3NO2. The van der Waals surface area contributed by atoms with E-state index in [1.54, 1.807) is 6.92 Å². The van der Waals surface area contributed by atoms with Crippen molar-refractivity contribution < 1.29 is 23.1 Å². The van der Waals surface area contributed by atoms with Crippen molar-refractivity contribution in [1.82, 2.24) is 4.90 Å². The minimum absolute atomic E-state index is 0.0900. The summed E-state index contributed by atoms with van der Waals surface area (Å²) in [5.41, 5.74) is -0.175. The average Bonchev–Trinajstić information content (AvgIpc) is 2.33. The third kappa shape index (κ3) is 3.53. The molecule has 0 aromatic rings. The molecule has 1 heterocycles. The van der Waals surface area contributed by atoms with Gasteiger partial charge < -0.3 is 10.0 Å². The van der Waals surface area contributed by atoms with Crippen LogP contribution in [0, 0.1) is 0 Å². The molecule has 0 saturated heterocycles. The van der Waals surface area contributed by atoms with Crippen molar-refractivity contribution in [3.05, 3.63) is 47.5 Å². The molecule has 0 saturated carbocycles. The summed E-state index contributed by atoms with van der Waals surface area (Å²) in [4.78, 5) is 12.5. The lowest BCUT2D eigenvalue weighted by molar-refractivity contribution is -0.133. The van der Waals surface area contributed by atoms with Crippen LogP contribution in [0.5, 0.6) is 0 Å². The van der Waals surface area contributed by atoms with E-state index in [9.17, 15) is 18.0 Å². The Morgan fingerprint density at radius 2 is 2.05 bits per heavy atom. The molecule has 6 heteroatoms. The van der Waals surface area contributed by atoms with Crippen LogP contribution in [0.3, 0.4) is 0 Å². The van der Waals surface area contributed by atoms with Crippen molar-refractivity contribution in [1.29, 1.82) is 0 Å². The van der Waals surface area contributed by atoms with Crippen LogP contribution in [0.2, 0.25) is 0 Å². The first-order valence-corrected chi connectivity index (χ1v) is 6.06. The Labute approximate surface area is 115 Å². The second-order valence-corrected chi connectivity index (χ2v) is 4.39. The second-order valence-electron chi connectivity index (χ2n) is 4.39. The molecule has 1 aliphatic heterocycles. The third-order valence-electron chi connectivity index (χ3n) is 2.92. The van der Waals surface area contributed by atoms with E-state index >= 15 is 0 Å². The molecule has 0 spiro atoms. The van der Waals surface area contributed by atoms with E-state index in [2.05, 4.69) is 6.58 Å². The van der Waals surface area contributed by atoms with Crippen LogP contribution in [-0.2, 0) is 4.79 Å². The zero-order valence-electron chi connectivity index (χ0n) is 11.3. The number of allylic oxidation sites excluding steroid dienone is 4. The minimum atomic E-state index is -4.44. The molecule has 3 nitrogen and oxygen atoms in total. The Hall–Kier alpha value is -1.98. The number of halogens is 3. The Morgan fingerprint density at radius 3 is 2.45 bits per heavy atom. The van der Waals surface area contributed by atoms with E-state index in [-0.39, 0.29) is 11.3 Å². The summed E-state index contributed by atoms with van der Waals surface area (Å²) in [7, 11) is 0. The van der Waals surface area contributed by atoms with Gasteiger partial charge in [0, 0.05) is 17.6 Å². The molecule has 20 heavy (non-hydrogen) atoms. The van der Waals surface area contributed by atoms with Crippen molar-refractivity contribution in [2.24, 2.45) is 0 Å². The first kappa shape index (κ1) is 16.1. The summed E-state index contributed by atoms with van der Waals surface area (Å²) in [5, 5.41) is 9.14. The lowest BCUT2D eigenvalue weighted by Gasteiger charge is -2.27. The number of alkyl halides is 3. The van der Waals surface area contributed by atoms with Crippen LogP contribution >= 0.6 is 0 Å². The molecule has 0 radical (unpaired) electrons. The molecule has 0 aromatic carbocycles. The molecule has 1 rings (SSSR count). The highest BCUT2D eigenvalue weighted by atomic mass is 19.4. The topological polar surface area (TPSA) is 40.5 Å².